The largest absolute Gasteiger partial charge is 0.352 e. The van der Waals surface area contributed by atoms with Gasteiger partial charge in [-0.1, -0.05) is 11.8 Å². The van der Waals surface area contributed by atoms with E-state index >= 15 is 0 Å². The monoisotopic (exact) mass is 636 g/mol. The number of carbonyl (C=O) groups excluding carboxylic acids is 2. The second-order valence-electron chi connectivity index (χ2n) is 10.4. The van der Waals surface area contributed by atoms with Gasteiger partial charge >= 0.3 is 0 Å². The number of benzene rings is 2. The van der Waals surface area contributed by atoms with Crippen molar-refractivity contribution < 1.29 is 18.0 Å². The Balaban J connectivity index is 1.31. The Kier molecular flexibility index (Phi) is 10.3. The van der Waals surface area contributed by atoms with Gasteiger partial charge in [0.15, 0.2) is 9.84 Å². The zero-order valence-corrected chi connectivity index (χ0v) is 25.9. The number of aryl methyl sites for hydroxylation is 2. The third kappa shape index (κ3) is 8.73. The normalized spacial score (nSPS) is 11.0. The van der Waals surface area contributed by atoms with Crippen molar-refractivity contribution in [3.8, 4) is 11.8 Å². The first-order valence-corrected chi connectivity index (χ1v) is 16.2. The first kappa shape index (κ1) is 31.8. The number of hydrogen-bond acceptors (Lipinski definition) is 8. The Hall–Kier alpha value is -5.61. The highest BCUT2D eigenvalue weighted by atomic mass is 32.2. The predicted molar refractivity (Wildman–Crippen MR) is 170 cm³/mol. The molecule has 46 heavy (non-hydrogen) atoms. The molecule has 5 rings (SSSR count). The van der Waals surface area contributed by atoms with Crippen LogP contribution in [0, 0.1) is 11.8 Å². The molecule has 0 fully saturated rings. The minimum absolute atomic E-state index is 0.00117. The fourth-order valence-corrected chi connectivity index (χ4v) is 5.99. The smallest absolute Gasteiger partial charge is 0.251 e. The first-order chi connectivity index (χ1) is 22.3. The molecule has 0 radical (unpaired) electrons. The fourth-order valence-electron chi connectivity index (χ4n) is 4.57. The van der Waals surface area contributed by atoms with Gasteiger partial charge in [0.05, 0.1) is 28.2 Å². The molecule has 0 spiro atoms. The number of aromatic amines is 1. The molecule has 0 saturated heterocycles. The number of rotatable bonds is 12. The number of sulfone groups is 1. The lowest BCUT2D eigenvalue weighted by Gasteiger charge is -2.09. The minimum Gasteiger partial charge on any atom is -0.352 e. The molecule has 234 valence electrons. The fraction of sp³-hybridized carbons (Fsp3) is 0.212. The second kappa shape index (κ2) is 14.9. The zero-order chi connectivity index (χ0) is 32.4. The van der Waals surface area contributed by atoms with E-state index in [2.05, 4.69) is 47.7 Å². The molecule has 2 amide bonds. The van der Waals surface area contributed by atoms with Crippen LogP contribution in [0.3, 0.4) is 0 Å². The molecule has 0 aliphatic rings. The van der Waals surface area contributed by atoms with Crippen molar-refractivity contribution in [2.75, 3.05) is 13.1 Å². The molecule has 0 atom stereocenters. The van der Waals surface area contributed by atoms with E-state index in [0.717, 1.165) is 17.7 Å². The number of aromatic nitrogens is 6. The molecule has 2 aromatic carbocycles. The van der Waals surface area contributed by atoms with Gasteiger partial charge in [0, 0.05) is 79.8 Å². The summed E-state index contributed by atoms with van der Waals surface area (Å²) in [6, 6.07) is 12.7. The lowest BCUT2D eigenvalue weighted by atomic mass is 10.1. The summed E-state index contributed by atoms with van der Waals surface area (Å²) in [6.45, 7) is 0.841. The van der Waals surface area contributed by atoms with E-state index in [1.54, 1.807) is 68.4 Å². The van der Waals surface area contributed by atoms with Crippen molar-refractivity contribution in [1.82, 2.24) is 40.6 Å². The van der Waals surface area contributed by atoms with E-state index in [4.69, 9.17) is 0 Å². The lowest BCUT2D eigenvalue weighted by Crippen LogP contribution is -2.25. The first-order valence-electron chi connectivity index (χ1n) is 14.5. The molecule has 0 bridgehead atoms. The summed E-state index contributed by atoms with van der Waals surface area (Å²) in [5.74, 6) is 5.04. The highest BCUT2D eigenvalue weighted by molar-refractivity contribution is 7.90. The van der Waals surface area contributed by atoms with Crippen LogP contribution < -0.4 is 10.6 Å². The van der Waals surface area contributed by atoms with E-state index in [-0.39, 0.29) is 33.6 Å². The average molecular weight is 637 g/mol. The van der Waals surface area contributed by atoms with E-state index in [1.165, 1.54) is 22.9 Å². The summed E-state index contributed by atoms with van der Waals surface area (Å²) in [4.78, 5) is 33.8. The number of nitrogens with zero attached hydrogens (tertiary/aromatic N) is 5. The Morgan fingerprint density at radius 3 is 2.39 bits per heavy atom. The topological polar surface area (TPSA) is 165 Å². The van der Waals surface area contributed by atoms with Crippen molar-refractivity contribution in [3.05, 3.63) is 125 Å². The van der Waals surface area contributed by atoms with Crippen LogP contribution in [0.2, 0.25) is 0 Å². The summed E-state index contributed by atoms with van der Waals surface area (Å²) in [6.07, 6.45) is 12.1. The summed E-state index contributed by atoms with van der Waals surface area (Å²) in [5.41, 5.74) is 3.72. The number of hydrogen-bond donors (Lipinski definition) is 3. The van der Waals surface area contributed by atoms with Crippen LogP contribution in [0.5, 0.6) is 0 Å². The van der Waals surface area contributed by atoms with Crippen LogP contribution in [0.15, 0.2) is 90.6 Å². The molecule has 0 unspecified atom stereocenters. The van der Waals surface area contributed by atoms with Crippen molar-refractivity contribution in [2.45, 2.75) is 29.9 Å². The quantitative estimate of drug-likeness (QED) is 0.139. The van der Waals surface area contributed by atoms with Gasteiger partial charge in [-0.2, -0.15) is 10.2 Å². The van der Waals surface area contributed by atoms with E-state index < -0.39 is 9.84 Å². The number of amides is 2. The standard InChI is InChI=1S/C33H32N8O4S/c1-41-18-13-30(40-41)23-46(44,45)31-11-10-28(33(43)36-14-2-3-25-20-38-39-21-25)19-27(31)9-6-24-4-7-26(8-5-24)32(42)37-15-12-29-22-34-16-17-35-29/h4-5,7-8,10-11,13,16-22H,2-3,12,14-15,23H2,1H3,(H,36,43)(H,37,42)(H,38,39). The Morgan fingerprint density at radius 1 is 0.891 bits per heavy atom. The van der Waals surface area contributed by atoms with Crippen LogP contribution in [0.25, 0.3) is 0 Å². The maximum atomic E-state index is 13.5. The molecule has 0 saturated carbocycles. The Morgan fingerprint density at radius 2 is 1.67 bits per heavy atom. The predicted octanol–water partition coefficient (Wildman–Crippen LogP) is 2.64. The molecule has 13 heteroatoms. The molecule has 0 aliphatic carbocycles. The maximum absolute atomic E-state index is 13.5. The summed E-state index contributed by atoms with van der Waals surface area (Å²) in [5, 5.41) is 16.6. The van der Waals surface area contributed by atoms with Crippen molar-refractivity contribution >= 4 is 21.7 Å². The Bertz CT molecular complexity index is 1960. The molecule has 0 aliphatic heterocycles. The van der Waals surface area contributed by atoms with Gasteiger partial charge in [0.2, 0.25) is 0 Å². The van der Waals surface area contributed by atoms with Gasteiger partial charge in [0.25, 0.3) is 11.8 Å². The third-order valence-electron chi connectivity index (χ3n) is 6.94. The average Bonchev–Trinajstić information content (AvgIpc) is 3.73. The highest BCUT2D eigenvalue weighted by Crippen LogP contribution is 2.22. The number of H-pyrrole nitrogens is 1. The lowest BCUT2D eigenvalue weighted by molar-refractivity contribution is 0.0945. The highest BCUT2D eigenvalue weighted by Gasteiger charge is 2.22. The van der Waals surface area contributed by atoms with E-state index in [1.807, 2.05) is 6.20 Å². The van der Waals surface area contributed by atoms with Gasteiger partial charge < -0.3 is 10.6 Å². The SMILES string of the molecule is Cn1ccc(CS(=O)(=O)c2ccc(C(=O)NCCCc3cn[nH]c3)cc2C#Cc2ccc(C(=O)NCCc3cnccn3)cc2)n1. The van der Waals surface area contributed by atoms with Crippen molar-refractivity contribution in [3.63, 3.8) is 0 Å². The molecule has 5 aromatic rings. The number of carbonyl (C=O) groups is 2. The minimum atomic E-state index is -3.85. The van der Waals surface area contributed by atoms with E-state index in [0.29, 0.717) is 42.8 Å². The van der Waals surface area contributed by atoms with Crippen LogP contribution >= 0.6 is 0 Å². The van der Waals surface area contributed by atoms with Crippen LogP contribution in [0.1, 0.15) is 55.2 Å². The van der Waals surface area contributed by atoms with Crippen LogP contribution in [0.4, 0.5) is 0 Å². The van der Waals surface area contributed by atoms with E-state index in [9.17, 15) is 18.0 Å². The molecule has 3 heterocycles. The summed E-state index contributed by atoms with van der Waals surface area (Å²) >= 11 is 0. The molecular formula is C33H32N8O4S. The molecular weight excluding hydrogens is 604 g/mol. The number of nitrogens with one attached hydrogen (secondary N) is 3. The van der Waals surface area contributed by atoms with Crippen molar-refractivity contribution in [2.24, 2.45) is 7.05 Å². The van der Waals surface area contributed by atoms with Gasteiger partial charge in [0.1, 0.15) is 0 Å². The third-order valence-corrected chi connectivity index (χ3v) is 8.64. The molecule has 3 aromatic heterocycles. The van der Waals surface area contributed by atoms with Crippen molar-refractivity contribution in [1.29, 1.82) is 0 Å². The van der Waals surface area contributed by atoms with Gasteiger partial charge in [-0.15, -0.1) is 0 Å². The second-order valence-corrected chi connectivity index (χ2v) is 12.4. The molecule has 12 nitrogen and oxygen atoms in total. The zero-order valence-electron chi connectivity index (χ0n) is 25.1. The maximum Gasteiger partial charge on any atom is 0.251 e. The van der Waals surface area contributed by atoms with Gasteiger partial charge in [-0.05, 0) is 66.9 Å². The van der Waals surface area contributed by atoms with Gasteiger partial charge in [-0.25, -0.2) is 8.42 Å². The van der Waals surface area contributed by atoms with Gasteiger partial charge in [-0.3, -0.25) is 29.3 Å². The summed E-state index contributed by atoms with van der Waals surface area (Å²) in [7, 11) is -2.14. The Labute approximate surface area is 266 Å². The summed E-state index contributed by atoms with van der Waals surface area (Å²) < 4.78 is 28.5. The van der Waals surface area contributed by atoms with Crippen LogP contribution in [-0.4, -0.2) is 63.3 Å². The molecule has 3 N–H and O–H groups in total. The van der Waals surface area contributed by atoms with Crippen LogP contribution in [-0.2, 0) is 35.5 Å².